The molecule has 0 aliphatic rings. The molecule has 0 bridgehead atoms. The van der Waals surface area contributed by atoms with E-state index in [4.69, 9.17) is 0 Å². The third kappa shape index (κ3) is 3.64. The van der Waals surface area contributed by atoms with Crippen molar-refractivity contribution in [2.45, 2.75) is 38.5 Å². The molecule has 0 aromatic heterocycles. The van der Waals surface area contributed by atoms with Gasteiger partial charge in [-0.1, -0.05) is 32.0 Å². The van der Waals surface area contributed by atoms with Gasteiger partial charge >= 0.3 is 0 Å². The number of hydrogen-bond acceptors (Lipinski definition) is 2. The second-order valence-corrected chi connectivity index (χ2v) is 7.31. The van der Waals surface area contributed by atoms with Crippen LogP contribution in [0.15, 0.2) is 47.4 Å². The fraction of sp³-hybridized carbons (Fsp3) is 0.294. The van der Waals surface area contributed by atoms with Gasteiger partial charge in [0.2, 0.25) is 0 Å². The minimum absolute atomic E-state index is 0.283. The molecule has 3 nitrogen and oxygen atoms in total. The van der Waals surface area contributed by atoms with Crippen molar-refractivity contribution in [1.29, 1.82) is 0 Å². The van der Waals surface area contributed by atoms with E-state index < -0.39 is 10.0 Å². The van der Waals surface area contributed by atoms with E-state index >= 15 is 0 Å². The van der Waals surface area contributed by atoms with E-state index in [1.54, 1.807) is 18.2 Å². The van der Waals surface area contributed by atoms with Crippen molar-refractivity contribution in [2.75, 3.05) is 4.72 Å². The summed E-state index contributed by atoms with van der Waals surface area (Å²) in [5.41, 5.74) is 3.91. The van der Waals surface area contributed by atoms with Gasteiger partial charge in [0.25, 0.3) is 10.0 Å². The molecule has 0 aliphatic heterocycles. The predicted octanol–water partition coefficient (Wildman–Crippen LogP) is 4.23. The summed E-state index contributed by atoms with van der Waals surface area (Å²) >= 11 is 0. The van der Waals surface area contributed by atoms with Gasteiger partial charge < -0.3 is 0 Å². The largest absolute Gasteiger partial charge is 0.280 e. The second-order valence-electron chi connectivity index (χ2n) is 5.63. The van der Waals surface area contributed by atoms with Crippen molar-refractivity contribution in [2.24, 2.45) is 0 Å². The highest BCUT2D eigenvalue weighted by atomic mass is 32.2. The lowest BCUT2D eigenvalue weighted by molar-refractivity contribution is 0.601. The zero-order valence-electron chi connectivity index (χ0n) is 12.8. The maximum Gasteiger partial charge on any atom is 0.261 e. The first-order chi connectivity index (χ1) is 9.79. The van der Waals surface area contributed by atoms with Gasteiger partial charge in [-0.25, -0.2) is 8.42 Å². The Labute approximate surface area is 127 Å². The lowest BCUT2D eigenvalue weighted by atomic mass is 10.0. The quantitative estimate of drug-likeness (QED) is 0.919. The van der Waals surface area contributed by atoms with E-state index in [1.807, 2.05) is 38.1 Å². The molecule has 0 fully saturated rings. The van der Waals surface area contributed by atoms with Crippen LogP contribution in [0.2, 0.25) is 0 Å². The van der Waals surface area contributed by atoms with Crippen molar-refractivity contribution in [1.82, 2.24) is 0 Å². The van der Waals surface area contributed by atoms with E-state index in [1.165, 1.54) is 0 Å². The Bertz CT molecular complexity index is 732. The Balaban J connectivity index is 2.27. The van der Waals surface area contributed by atoms with Crippen LogP contribution < -0.4 is 4.72 Å². The Morgan fingerprint density at radius 2 is 1.52 bits per heavy atom. The third-order valence-electron chi connectivity index (χ3n) is 3.62. The van der Waals surface area contributed by atoms with E-state index in [-0.39, 0.29) is 4.90 Å². The molecule has 0 unspecified atom stereocenters. The Hall–Kier alpha value is -1.81. The summed E-state index contributed by atoms with van der Waals surface area (Å²) in [6.07, 6.45) is 0. The van der Waals surface area contributed by atoms with Gasteiger partial charge in [-0.2, -0.15) is 0 Å². The van der Waals surface area contributed by atoms with Crippen LogP contribution in [0, 0.1) is 13.8 Å². The van der Waals surface area contributed by atoms with Crippen LogP contribution in [0.3, 0.4) is 0 Å². The fourth-order valence-corrected chi connectivity index (χ4v) is 3.10. The number of sulfonamides is 1. The van der Waals surface area contributed by atoms with Crippen LogP contribution in [0.1, 0.15) is 36.5 Å². The highest BCUT2D eigenvalue weighted by molar-refractivity contribution is 7.92. The molecule has 2 aromatic carbocycles. The van der Waals surface area contributed by atoms with Crippen molar-refractivity contribution in [3.05, 3.63) is 59.2 Å². The van der Waals surface area contributed by atoms with E-state index in [9.17, 15) is 8.42 Å². The fourth-order valence-electron chi connectivity index (χ4n) is 2.05. The molecular formula is C17H21NO2S. The summed E-state index contributed by atoms with van der Waals surface area (Å²) in [7, 11) is -3.54. The second kappa shape index (κ2) is 5.90. The lowest BCUT2D eigenvalue weighted by Gasteiger charge is -2.11. The van der Waals surface area contributed by atoms with E-state index in [0.29, 0.717) is 11.6 Å². The monoisotopic (exact) mass is 303 g/mol. The molecule has 2 rings (SSSR count). The third-order valence-corrected chi connectivity index (χ3v) is 5.01. The van der Waals surface area contributed by atoms with E-state index in [2.05, 4.69) is 18.6 Å². The Morgan fingerprint density at radius 1 is 0.905 bits per heavy atom. The first-order valence-electron chi connectivity index (χ1n) is 6.99. The van der Waals surface area contributed by atoms with Crippen molar-refractivity contribution in [3.8, 4) is 0 Å². The van der Waals surface area contributed by atoms with Gasteiger partial charge in [0.15, 0.2) is 0 Å². The predicted molar refractivity (Wildman–Crippen MR) is 87.3 cm³/mol. The minimum atomic E-state index is -3.54. The molecule has 0 saturated carbocycles. The number of nitrogens with one attached hydrogen (secondary N) is 1. The van der Waals surface area contributed by atoms with Gasteiger partial charge in [0, 0.05) is 5.69 Å². The highest BCUT2D eigenvalue weighted by Gasteiger charge is 2.14. The van der Waals surface area contributed by atoms with E-state index in [0.717, 1.165) is 16.7 Å². The van der Waals surface area contributed by atoms with Crippen LogP contribution in [0.5, 0.6) is 0 Å². The molecule has 21 heavy (non-hydrogen) atoms. The topological polar surface area (TPSA) is 46.2 Å². The normalized spacial score (nSPS) is 11.7. The molecule has 4 heteroatoms. The van der Waals surface area contributed by atoms with Gasteiger partial charge in [0.1, 0.15) is 0 Å². The van der Waals surface area contributed by atoms with Crippen LogP contribution in [-0.4, -0.2) is 8.42 Å². The number of benzene rings is 2. The molecule has 0 heterocycles. The van der Waals surface area contributed by atoms with Crippen LogP contribution in [0.25, 0.3) is 0 Å². The Morgan fingerprint density at radius 3 is 2.05 bits per heavy atom. The standard InChI is InChI=1S/C17H21NO2S/c1-12(2)15-6-9-17(10-7-15)21(19,20)18-16-8-5-13(3)14(4)11-16/h5-12,18H,1-4H3. The summed E-state index contributed by atoms with van der Waals surface area (Å²) in [6.45, 7) is 8.12. The van der Waals surface area contributed by atoms with Crippen LogP contribution in [-0.2, 0) is 10.0 Å². The molecule has 0 amide bonds. The molecule has 0 saturated heterocycles. The molecule has 0 aliphatic carbocycles. The first-order valence-corrected chi connectivity index (χ1v) is 8.48. The molecule has 0 spiro atoms. The SMILES string of the molecule is Cc1ccc(NS(=O)(=O)c2ccc(C(C)C)cc2)cc1C. The zero-order valence-corrected chi connectivity index (χ0v) is 13.7. The van der Waals surface area contributed by atoms with Gasteiger partial charge in [-0.3, -0.25) is 4.72 Å². The number of rotatable bonds is 4. The summed E-state index contributed by atoms with van der Waals surface area (Å²) in [5.74, 6) is 0.384. The smallest absolute Gasteiger partial charge is 0.261 e. The minimum Gasteiger partial charge on any atom is -0.280 e. The Kier molecular flexibility index (Phi) is 4.37. The number of aryl methyl sites for hydroxylation is 2. The maximum atomic E-state index is 12.4. The maximum absolute atomic E-state index is 12.4. The average Bonchev–Trinajstić information content (AvgIpc) is 2.43. The summed E-state index contributed by atoms with van der Waals surface area (Å²) in [5, 5.41) is 0. The van der Waals surface area contributed by atoms with Gasteiger partial charge in [-0.05, 0) is 60.7 Å². The van der Waals surface area contributed by atoms with Crippen LogP contribution >= 0.6 is 0 Å². The number of hydrogen-bond donors (Lipinski definition) is 1. The van der Waals surface area contributed by atoms with Gasteiger partial charge in [-0.15, -0.1) is 0 Å². The molecule has 1 N–H and O–H groups in total. The zero-order chi connectivity index (χ0) is 15.6. The first kappa shape index (κ1) is 15.6. The summed E-state index contributed by atoms with van der Waals surface area (Å²) in [4.78, 5) is 0.283. The van der Waals surface area contributed by atoms with Crippen molar-refractivity contribution >= 4 is 15.7 Å². The molecular weight excluding hydrogens is 282 g/mol. The summed E-state index contributed by atoms with van der Waals surface area (Å²) in [6, 6.07) is 12.6. The molecule has 2 aromatic rings. The molecule has 0 atom stereocenters. The number of anilines is 1. The van der Waals surface area contributed by atoms with Crippen molar-refractivity contribution in [3.63, 3.8) is 0 Å². The average molecular weight is 303 g/mol. The lowest BCUT2D eigenvalue weighted by Crippen LogP contribution is -2.13. The van der Waals surface area contributed by atoms with Crippen LogP contribution in [0.4, 0.5) is 5.69 Å². The molecule has 0 radical (unpaired) electrons. The summed E-state index contributed by atoms with van der Waals surface area (Å²) < 4.78 is 27.4. The van der Waals surface area contributed by atoms with Gasteiger partial charge in [0.05, 0.1) is 4.90 Å². The highest BCUT2D eigenvalue weighted by Crippen LogP contribution is 2.21. The van der Waals surface area contributed by atoms with Crippen molar-refractivity contribution < 1.29 is 8.42 Å². The molecule has 112 valence electrons.